The largest absolute Gasteiger partial charge is 0.465 e. The summed E-state index contributed by atoms with van der Waals surface area (Å²) in [7, 11) is 1.14. The van der Waals surface area contributed by atoms with Gasteiger partial charge in [0.25, 0.3) is 11.8 Å². The number of nitrogens with zero attached hydrogens (tertiary/aromatic N) is 2. The Morgan fingerprint density at radius 2 is 2.20 bits per heavy atom. The van der Waals surface area contributed by atoms with Crippen molar-refractivity contribution in [2.24, 2.45) is 7.05 Å². The second-order valence-electron chi connectivity index (χ2n) is 2.99. The maximum atomic E-state index is 12.5. The molecule has 0 unspecified atom stereocenters. The summed E-state index contributed by atoms with van der Waals surface area (Å²) in [5, 5.41) is 5.60. The summed E-state index contributed by atoms with van der Waals surface area (Å²) in [5.41, 5.74) is -1.44. The van der Waals surface area contributed by atoms with E-state index in [0.29, 0.717) is 4.68 Å². The number of ether oxygens (including phenoxy) is 1. The quantitative estimate of drug-likeness (QED) is 0.704. The molecule has 0 aliphatic carbocycles. The second kappa shape index (κ2) is 2.88. The molecule has 1 aliphatic rings. The average Bonchev–Trinajstić information content (AvgIpc) is 2.38. The van der Waals surface area contributed by atoms with Crippen molar-refractivity contribution in [2.45, 2.75) is 6.18 Å². The lowest BCUT2D eigenvalue weighted by atomic mass is 10.3. The monoisotopic (exact) mass is 221 g/mol. The second-order valence-corrected chi connectivity index (χ2v) is 2.99. The fourth-order valence-corrected chi connectivity index (χ4v) is 1.35. The molecule has 8 heteroatoms. The molecule has 1 aromatic heterocycles. The first-order valence-electron chi connectivity index (χ1n) is 3.96. The Kier molecular flexibility index (Phi) is 1.88. The number of carbonyl (C=O) groups is 1. The molecule has 82 valence electrons. The van der Waals surface area contributed by atoms with Gasteiger partial charge < -0.3 is 10.1 Å². The van der Waals surface area contributed by atoms with Crippen LogP contribution in [0.5, 0.6) is 5.88 Å². The van der Waals surface area contributed by atoms with Gasteiger partial charge in [-0.05, 0) is 0 Å². The van der Waals surface area contributed by atoms with E-state index in [0.717, 1.165) is 7.05 Å². The molecule has 2 heterocycles. The van der Waals surface area contributed by atoms with Crippen LogP contribution < -0.4 is 10.1 Å². The highest BCUT2D eigenvalue weighted by molar-refractivity contribution is 5.95. The molecule has 0 aromatic carbocycles. The molecule has 0 fully saturated rings. The van der Waals surface area contributed by atoms with Crippen molar-refractivity contribution in [1.29, 1.82) is 0 Å². The number of hydrogen-bond donors (Lipinski definition) is 1. The zero-order valence-electron chi connectivity index (χ0n) is 7.55. The molecule has 1 N–H and O–H groups in total. The van der Waals surface area contributed by atoms with E-state index >= 15 is 0 Å². The van der Waals surface area contributed by atoms with Gasteiger partial charge in [0, 0.05) is 7.05 Å². The van der Waals surface area contributed by atoms with Crippen molar-refractivity contribution in [2.75, 3.05) is 11.9 Å². The molecule has 0 spiro atoms. The van der Waals surface area contributed by atoms with E-state index in [1.54, 1.807) is 0 Å². The minimum absolute atomic E-state index is 0.204. The molecule has 0 saturated heterocycles. The third-order valence-corrected chi connectivity index (χ3v) is 1.89. The van der Waals surface area contributed by atoms with Gasteiger partial charge in [0.15, 0.2) is 12.3 Å². The van der Waals surface area contributed by atoms with E-state index in [1.807, 2.05) is 0 Å². The zero-order chi connectivity index (χ0) is 11.2. The maximum absolute atomic E-state index is 12.5. The standard InChI is InChI=1S/C7H6F3N3O2/c1-13-5(7(8,9)10)4-6(12-13)15-2-3(14)11-4/h2H2,1H3,(H,11,14). The molecular weight excluding hydrogens is 215 g/mol. The van der Waals surface area contributed by atoms with Crippen molar-refractivity contribution >= 4 is 11.6 Å². The van der Waals surface area contributed by atoms with Crippen LogP contribution in [0, 0.1) is 0 Å². The number of rotatable bonds is 0. The van der Waals surface area contributed by atoms with E-state index in [-0.39, 0.29) is 12.5 Å². The number of halogens is 3. The van der Waals surface area contributed by atoms with E-state index in [4.69, 9.17) is 4.74 Å². The van der Waals surface area contributed by atoms with Crippen LogP contribution in [0.4, 0.5) is 18.9 Å². The van der Waals surface area contributed by atoms with E-state index in [2.05, 4.69) is 10.4 Å². The number of fused-ring (bicyclic) bond motifs is 1. The smallest absolute Gasteiger partial charge is 0.435 e. The normalized spacial score (nSPS) is 15.6. The fraction of sp³-hybridized carbons (Fsp3) is 0.429. The Labute approximate surface area is 81.8 Å². The van der Waals surface area contributed by atoms with E-state index in [9.17, 15) is 18.0 Å². The minimum Gasteiger partial charge on any atom is -0.465 e. The zero-order valence-corrected chi connectivity index (χ0v) is 7.55. The Balaban J connectivity index is 2.56. The van der Waals surface area contributed by atoms with Crippen LogP contribution in [0.1, 0.15) is 5.69 Å². The number of aromatic nitrogens is 2. The van der Waals surface area contributed by atoms with Crippen LogP contribution in [-0.4, -0.2) is 22.3 Å². The van der Waals surface area contributed by atoms with E-state index < -0.39 is 23.5 Å². The predicted octanol–water partition coefficient (Wildman–Crippen LogP) is 0.770. The Bertz CT molecular complexity index is 424. The van der Waals surface area contributed by atoms with Crippen LogP contribution in [0.15, 0.2) is 0 Å². The highest BCUT2D eigenvalue weighted by atomic mass is 19.4. The summed E-state index contributed by atoms with van der Waals surface area (Å²) in [5.74, 6) is -0.828. The van der Waals surface area contributed by atoms with Crippen molar-refractivity contribution in [3.63, 3.8) is 0 Å². The number of aryl methyl sites for hydroxylation is 1. The number of anilines is 1. The molecule has 1 aromatic rings. The molecule has 0 bridgehead atoms. The highest BCUT2D eigenvalue weighted by Gasteiger charge is 2.41. The van der Waals surface area contributed by atoms with Gasteiger partial charge in [0.1, 0.15) is 5.69 Å². The van der Waals surface area contributed by atoms with Crippen molar-refractivity contribution in [3.05, 3.63) is 5.69 Å². The van der Waals surface area contributed by atoms with Gasteiger partial charge in [-0.15, -0.1) is 5.10 Å². The van der Waals surface area contributed by atoms with Gasteiger partial charge in [0.2, 0.25) is 0 Å². The Morgan fingerprint density at radius 1 is 1.53 bits per heavy atom. The minimum atomic E-state index is -4.58. The highest BCUT2D eigenvalue weighted by Crippen LogP contribution is 2.40. The SMILES string of the molecule is Cn1nc2c(c1C(F)(F)F)NC(=O)CO2. The van der Waals surface area contributed by atoms with Crippen LogP contribution in [0.2, 0.25) is 0 Å². The summed E-state index contributed by atoms with van der Waals surface area (Å²) < 4.78 is 43.0. The Morgan fingerprint density at radius 3 is 2.80 bits per heavy atom. The lowest BCUT2D eigenvalue weighted by molar-refractivity contribution is -0.143. The number of hydrogen-bond acceptors (Lipinski definition) is 3. The first kappa shape index (κ1) is 9.81. The van der Waals surface area contributed by atoms with Crippen molar-refractivity contribution < 1.29 is 22.7 Å². The molecule has 0 saturated carbocycles. The first-order valence-corrected chi connectivity index (χ1v) is 3.96. The lowest BCUT2D eigenvalue weighted by Crippen LogP contribution is -2.26. The third kappa shape index (κ3) is 1.51. The molecule has 1 amide bonds. The van der Waals surface area contributed by atoms with Crippen LogP contribution in [0.3, 0.4) is 0 Å². The number of carbonyl (C=O) groups excluding carboxylic acids is 1. The molecule has 2 rings (SSSR count). The summed E-state index contributed by atoms with van der Waals surface area (Å²) >= 11 is 0. The van der Waals surface area contributed by atoms with Gasteiger partial charge in [-0.3, -0.25) is 9.48 Å². The van der Waals surface area contributed by atoms with Gasteiger partial charge in [-0.1, -0.05) is 0 Å². The van der Waals surface area contributed by atoms with Crippen molar-refractivity contribution in [3.8, 4) is 5.88 Å². The van der Waals surface area contributed by atoms with Crippen molar-refractivity contribution in [1.82, 2.24) is 9.78 Å². The molecule has 0 radical (unpaired) electrons. The number of amides is 1. The maximum Gasteiger partial charge on any atom is 0.435 e. The molecule has 5 nitrogen and oxygen atoms in total. The average molecular weight is 221 g/mol. The third-order valence-electron chi connectivity index (χ3n) is 1.89. The first-order chi connectivity index (χ1) is 6.89. The molecule has 1 aliphatic heterocycles. The summed E-state index contributed by atoms with van der Waals surface area (Å²) in [6.07, 6.45) is -4.58. The van der Waals surface area contributed by atoms with Crippen LogP contribution in [-0.2, 0) is 18.0 Å². The number of alkyl halides is 3. The Hall–Kier alpha value is -1.73. The molecular formula is C7H6F3N3O2. The summed E-state index contributed by atoms with van der Waals surface area (Å²) in [6.45, 7) is -0.318. The van der Waals surface area contributed by atoms with Crippen LogP contribution in [0.25, 0.3) is 0 Å². The molecule has 15 heavy (non-hydrogen) atoms. The van der Waals surface area contributed by atoms with Crippen LogP contribution >= 0.6 is 0 Å². The summed E-state index contributed by atoms with van der Waals surface area (Å²) in [4.78, 5) is 10.9. The topological polar surface area (TPSA) is 56.2 Å². The fourth-order valence-electron chi connectivity index (χ4n) is 1.35. The van der Waals surface area contributed by atoms with Gasteiger partial charge >= 0.3 is 6.18 Å². The van der Waals surface area contributed by atoms with Gasteiger partial charge in [-0.2, -0.15) is 13.2 Å². The van der Waals surface area contributed by atoms with E-state index in [1.165, 1.54) is 0 Å². The lowest BCUT2D eigenvalue weighted by Gasteiger charge is -2.14. The summed E-state index contributed by atoms with van der Waals surface area (Å²) in [6, 6.07) is 0. The van der Waals surface area contributed by atoms with Gasteiger partial charge in [-0.25, -0.2) is 0 Å². The predicted molar refractivity (Wildman–Crippen MR) is 42.3 cm³/mol. The molecule has 0 atom stereocenters. The van der Waals surface area contributed by atoms with Gasteiger partial charge in [0.05, 0.1) is 0 Å². The number of nitrogens with one attached hydrogen (secondary N) is 1.